The first-order chi connectivity index (χ1) is 16.7. The minimum absolute atomic E-state index is 0.0418. The van der Waals surface area contributed by atoms with Gasteiger partial charge >= 0.3 is 7.12 Å². The number of carbonyl (C=O) groups is 2. The van der Waals surface area contributed by atoms with E-state index >= 15 is 0 Å². The fraction of sp³-hybridized carbons (Fsp3) is 0.538. The molecule has 2 N–H and O–H groups in total. The largest absolute Gasteiger partial charge is 0.481 e. The first kappa shape index (κ1) is 23.9. The van der Waals surface area contributed by atoms with Crippen molar-refractivity contribution in [1.29, 1.82) is 0 Å². The van der Waals surface area contributed by atoms with E-state index in [4.69, 9.17) is 9.31 Å². The van der Waals surface area contributed by atoms with Crippen molar-refractivity contribution >= 4 is 18.9 Å². The highest BCUT2D eigenvalue weighted by Gasteiger charge is 2.68. The third-order valence-electron chi connectivity index (χ3n) is 8.45. The lowest BCUT2D eigenvalue weighted by Gasteiger charge is -2.64. The van der Waals surface area contributed by atoms with Gasteiger partial charge in [-0.3, -0.25) is 14.6 Å². The van der Waals surface area contributed by atoms with Crippen molar-refractivity contribution in [3.8, 4) is 0 Å². The van der Waals surface area contributed by atoms with Gasteiger partial charge in [0.05, 0.1) is 23.8 Å². The molecule has 2 aromatic rings. The first-order valence-electron chi connectivity index (χ1n) is 12.4. The summed E-state index contributed by atoms with van der Waals surface area (Å²) in [5.74, 6) is -0.0174. The molecule has 1 saturated heterocycles. The lowest BCUT2D eigenvalue weighted by Crippen LogP contribution is -2.65. The topological polar surface area (TPSA) is 102 Å². The van der Waals surface area contributed by atoms with E-state index in [0.29, 0.717) is 18.3 Å². The summed E-state index contributed by atoms with van der Waals surface area (Å²) in [6.07, 6.45) is 6.87. The van der Waals surface area contributed by atoms with E-state index in [2.05, 4.69) is 41.4 Å². The molecule has 8 nitrogen and oxygen atoms in total. The zero-order valence-electron chi connectivity index (χ0n) is 20.7. The molecule has 2 bridgehead atoms. The molecule has 35 heavy (non-hydrogen) atoms. The summed E-state index contributed by atoms with van der Waals surface area (Å²) in [6, 6.07) is 8.81. The summed E-state index contributed by atoms with van der Waals surface area (Å²) >= 11 is 0. The fourth-order valence-corrected chi connectivity index (χ4v) is 6.21. The maximum absolute atomic E-state index is 13.4. The summed E-state index contributed by atoms with van der Waals surface area (Å²) in [6.45, 7) is 8.70. The number of rotatable bonds is 7. The van der Waals surface area contributed by atoms with Crippen LogP contribution in [0.5, 0.6) is 0 Å². The average Bonchev–Trinajstić information content (AvgIpc) is 3.22. The Balaban J connectivity index is 1.27. The van der Waals surface area contributed by atoms with Crippen LogP contribution in [-0.4, -0.2) is 52.6 Å². The molecule has 6 atom stereocenters. The van der Waals surface area contributed by atoms with Gasteiger partial charge in [-0.1, -0.05) is 44.2 Å². The van der Waals surface area contributed by atoms with Crippen LogP contribution in [0.15, 0.2) is 48.9 Å². The molecule has 2 heterocycles. The van der Waals surface area contributed by atoms with Crippen LogP contribution in [0.1, 0.15) is 56.6 Å². The smallest absolute Gasteiger partial charge is 0.404 e. The van der Waals surface area contributed by atoms with Crippen molar-refractivity contribution in [3.05, 3.63) is 60.2 Å². The Morgan fingerprint density at radius 3 is 2.60 bits per heavy atom. The van der Waals surface area contributed by atoms with E-state index in [1.165, 1.54) is 25.0 Å². The van der Waals surface area contributed by atoms with Crippen LogP contribution >= 0.6 is 0 Å². The number of benzene rings is 1. The minimum atomic E-state index is -0.791. The van der Waals surface area contributed by atoms with E-state index in [9.17, 15) is 9.59 Å². The molecule has 1 aromatic heterocycles. The maximum Gasteiger partial charge on any atom is 0.481 e. The van der Waals surface area contributed by atoms with Gasteiger partial charge in [0, 0.05) is 18.8 Å². The monoisotopic (exact) mass is 476 g/mol. The van der Waals surface area contributed by atoms with Gasteiger partial charge in [-0.2, -0.15) is 0 Å². The number of amides is 2. The van der Waals surface area contributed by atoms with E-state index in [1.54, 1.807) is 0 Å². The summed E-state index contributed by atoms with van der Waals surface area (Å²) < 4.78 is 12.8. The normalized spacial score (nSPS) is 29.9. The van der Waals surface area contributed by atoms with Crippen LogP contribution in [0.3, 0.4) is 0 Å². The van der Waals surface area contributed by atoms with Gasteiger partial charge in [0.15, 0.2) is 0 Å². The summed E-state index contributed by atoms with van der Waals surface area (Å²) in [5.41, 5.74) is 1.01. The first-order valence-corrected chi connectivity index (χ1v) is 12.4. The summed E-state index contributed by atoms with van der Waals surface area (Å²) in [5, 5.41) is 5.86. The molecular weight excluding hydrogens is 443 g/mol. The van der Waals surface area contributed by atoms with Gasteiger partial charge in [-0.05, 0) is 49.5 Å². The number of aromatic nitrogens is 2. The van der Waals surface area contributed by atoms with E-state index in [-0.39, 0.29) is 34.7 Å². The zero-order valence-corrected chi connectivity index (χ0v) is 20.7. The molecule has 1 aliphatic heterocycles. The Hall–Kier alpha value is -2.78. The number of hydrogen-bond acceptors (Lipinski definition) is 6. The molecule has 184 valence electrons. The van der Waals surface area contributed by atoms with Gasteiger partial charge in [0.25, 0.3) is 5.91 Å². The molecular formula is C26H33BN4O4. The highest BCUT2D eigenvalue weighted by molar-refractivity contribution is 6.47. The Morgan fingerprint density at radius 2 is 1.91 bits per heavy atom. The second-order valence-electron chi connectivity index (χ2n) is 10.9. The lowest BCUT2D eigenvalue weighted by atomic mass is 9.43. The molecule has 3 unspecified atom stereocenters. The van der Waals surface area contributed by atoms with Crippen LogP contribution in [0.4, 0.5) is 0 Å². The van der Waals surface area contributed by atoms with Crippen molar-refractivity contribution in [2.24, 2.45) is 17.3 Å². The maximum atomic E-state index is 13.4. The van der Waals surface area contributed by atoms with Crippen molar-refractivity contribution in [1.82, 2.24) is 20.6 Å². The van der Waals surface area contributed by atoms with Gasteiger partial charge in [0.2, 0.25) is 5.91 Å². The van der Waals surface area contributed by atoms with E-state index in [0.717, 1.165) is 12.0 Å². The average molecular weight is 476 g/mol. The Kier molecular flexibility index (Phi) is 6.17. The molecule has 0 spiro atoms. The van der Waals surface area contributed by atoms with Crippen LogP contribution in [0.2, 0.25) is 0 Å². The van der Waals surface area contributed by atoms with Gasteiger partial charge in [0.1, 0.15) is 11.7 Å². The summed E-state index contributed by atoms with van der Waals surface area (Å²) in [4.78, 5) is 34.1. The van der Waals surface area contributed by atoms with Crippen molar-refractivity contribution < 1.29 is 18.9 Å². The van der Waals surface area contributed by atoms with Gasteiger partial charge in [-0.15, -0.1) is 0 Å². The molecule has 4 aliphatic rings. The Labute approximate surface area is 206 Å². The molecule has 2 amide bonds. The SMILES string of the molecule is C[C@H](NC(=O)C(Cc1ccccc1)NC(=O)c1cnccn1)B1OC2CC3C[C@@H](C3(C)C)[C@]2(C)O1. The molecule has 0 radical (unpaired) electrons. The molecule has 3 saturated carbocycles. The van der Waals surface area contributed by atoms with Gasteiger partial charge < -0.3 is 19.9 Å². The lowest BCUT2D eigenvalue weighted by molar-refractivity contribution is -0.199. The quantitative estimate of drug-likeness (QED) is 0.596. The summed E-state index contributed by atoms with van der Waals surface area (Å²) in [7, 11) is -0.530. The van der Waals surface area contributed by atoms with Crippen LogP contribution in [0.25, 0.3) is 0 Å². The molecule has 3 aliphatic carbocycles. The number of hydrogen-bond donors (Lipinski definition) is 2. The standard InChI is InChI=1S/C26H33BN4O4/c1-16(27-34-22-14-18-13-21(25(18,2)3)26(22,4)35-27)30-23(32)19(12-17-8-6-5-7-9-17)31-24(33)20-15-28-10-11-29-20/h5-11,15-16,18-19,21-22H,12-14H2,1-4H3,(H,30,32)(H,31,33)/t16-,18?,19?,21-,22?,26-/m0/s1. The predicted molar refractivity (Wildman–Crippen MR) is 131 cm³/mol. The molecule has 6 rings (SSSR count). The number of nitrogens with zero attached hydrogens (tertiary/aromatic N) is 2. The third-order valence-corrected chi connectivity index (χ3v) is 8.45. The van der Waals surface area contributed by atoms with E-state index < -0.39 is 19.1 Å². The Bertz CT molecular complexity index is 1090. The second kappa shape index (κ2) is 9.02. The van der Waals surface area contributed by atoms with Crippen LogP contribution < -0.4 is 10.6 Å². The molecule has 4 fully saturated rings. The van der Waals surface area contributed by atoms with Crippen molar-refractivity contribution in [3.63, 3.8) is 0 Å². The van der Waals surface area contributed by atoms with Crippen molar-refractivity contribution in [2.75, 3.05) is 0 Å². The number of carbonyl (C=O) groups excluding carboxylic acids is 2. The zero-order chi connectivity index (χ0) is 24.8. The van der Waals surface area contributed by atoms with E-state index in [1.807, 2.05) is 37.3 Å². The van der Waals surface area contributed by atoms with Crippen LogP contribution in [0, 0.1) is 17.3 Å². The van der Waals surface area contributed by atoms with Gasteiger partial charge in [-0.25, -0.2) is 4.98 Å². The number of nitrogens with one attached hydrogen (secondary N) is 2. The van der Waals surface area contributed by atoms with Crippen LogP contribution in [-0.2, 0) is 20.5 Å². The minimum Gasteiger partial charge on any atom is -0.404 e. The Morgan fingerprint density at radius 1 is 1.14 bits per heavy atom. The third kappa shape index (κ3) is 4.36. The second-order valence-corrected chi connectivity index (χ2v) is 10.9. The molecule has 1 aromatic carbocycles. The predicted octanol–water partition coefficient (Wildman–Crippen LogP) is 2.59. The highest BCUT2D eigenvalue weighted by Crippen LogP contribution is 2.65. The highest BCUT2D eigenvalue weighted by atomic mass is 16.7. The molecule has 9 heteroatoms. The van der Waals surface area contributed by atoms with Crippen molar-refractivity contribution in [2.45, 2.75) is 70.6 Å². The fourth-order valence-electron chi connectivity index (χ4n) is 6.21.